The zero-order valence-electron chi connectivity index (χ0n) is 14.1. The number of allylic oxidation sites excluding steroid dienone is 1. The van der Waals surface area contributed by atoms with E-state index in [4.69, 9.17) is 4.74 Å². The monoisotopic (exact) mass is 308 g/mol. The van der Waals surface area contributed by atoms with Crippen molar-refractivity contribution in [1.29, 1.82) is 0 Å². The highest BCUT2D eigenvalue weighted by molar-refractivity contribution is 5.87. The number of unbranched alkanes of at least 4 members (excludes halogenated alkanes) is 6. The molecule has 0 radical (unpaired) electrons. The molecule has 1 heterocycles. The van der Waals surface area contributed by atoms with E-state index < -0.39 is 0 Å². The molecule has 1 rings (SSSR count). The molecule has 0 aliphatic carbocycles. The molecule has 1 fully saturated rings. The first-order valence-electron chi connectivity index (χ1n) is 9.15. The summed E-state index contributed by atoms with van der Waals surface area (Å²) in [5.74, 6) is -0.950. The average molecular weight is 308 g/mol. The summed E-state index contributed by atoms with van der Waals surface area (Å²) in [7, 11) is 0. The lowest BCUT2D eigenvalue weighted by Crippen LogP contribution is -2.20. The zero-order valence-corrected chi connectivity index (χ0v) is 14.1. The van der Waals surface area contributed by atoms with Crippen molar-refractivity contribution in [3.05, 3.63) is 12.2 Å². The Hall–Kier alpha value is -1.12. The highest BCUT2D eigenvalue weighted by atomic mass is 16.6. The fourth-order valence-electron chi connectivity index (χ4n) is 2.82. The normalized spacial score (nSPS) is 21.0. The van der Waals surface area contributed by atoms with Crippen LogP contribution in [0.1, 0.15) is 90.4 Å². The number of esters is 2. The molecule has 0 bridgehead atoms. The van der Waals surface area contributed by atoms with Crippen molar-refractivity contribution in [3.63, 3.8) is 0 Å². The topological polar surface area (TPSA) is 43.4 Å². The second-order valence-corrected chi connectivity index (χ2v) is 6.34. The van der Waals surface area contributed by atoms with Gasteiger partial charge < -0.3 is 4.74 Å². The van der Waals surface area contributed by atoms with Crippen molar-refractivity contribution in [3.8, 4) is 0 Å². The van der Waals surface area contributed by atoms with Gasteiger partial charge in [-0.2, -0.15) is 0 Å². The number of carbonyl (C=O) groups excluding carboxylic acids is 2. The number of hydrogen-bond donors (Lipinski definition) is 0. The maximum absolute atomic E-state index is 12.0. The van der Waals surface area contributed by atoms with Crippen LogP contribution in [0.4, 0.5) is 0 Å². The van der Waals surface area contributed by atoms with Crippen LogP contribution in [0.2, 0.25) is 0 Å². The van der Waals surface area contributed by atoms with E-state index >= 15 is 0 Å². The summed E-state index contributed by atoms with van der Waals surface area (Å²) in [4.78, 5) is 23.5. The Morgan fingerprint density at radius 1 is 1.00 bits per heavy atom. The van der Waals surface area contributed by atoms with Crippen molar-refractivity contribution >= 4 is 11.9 Å². The van der Waals surface area contributed by atoms with E-state index in [0.29, 0.717) is 6.42 Å². The molecule has 1 unspecified atom stereocenters. The second kappa shape index (κ2) is 12.4. The molecule has 0 aromatic carbocycles. The third kappa shape index (κ3) is 9.01. The first-order valence-corrected chi connectivity index (χ1v) is 9.15. The van der Waals surface area contributed by atoms with E-state index in [1.807, 2.05) is 6.08 Å². The minimum Gasteiger partial charge on any atom is -0.393 e. The molecule has 22 heavy (non-hydrogen) atoms. The second-order valence-electron chi connectivity index (χ2n) is 6.34. The lowest BCUT2D eigenvalue weighted by molar-refractivity contribution is -0.162. The molecule has 1 atom stereocenters. The molecule has 0 aromatic heterocycles. The van der Waals surface area contributed by atoms with Crippen LogP contribution in [0, 0.1) is 5.92 Å². The van der Waals surface area contributed by atoms with Gasteiger partial charge in [0.2, 0.25) is 0 Å². The van der Waals surface area contributed by atoms with Crippen LogP contribution in [0.25, 0.3) is 0 Å². The van der Waals surface area contributed by atoms with Crippen molar-refractivity contribution in [2.75, 3.05) is 0 Å². The molecule has 1 aliphatic heterocycles. The van der Waals surface area contributed by atoms with Gasteiger partial charge in [0.25, 0.3) is 0 Å². The molecule has 1 saturated heterocycles. The molecule has 126 valence electrons. The van der Waals surface area contributed by atoms with Gasteiger partial charge in [0.15, 0.2) is 0 Å². The van der Waals surface area contributed by atoms with Crippen LogP contribution < -0.4 is 0 Å². The molecule has 3 nitrogen and oxygen atoms in total. The number of ether oxygens (including phenoxy) is 1. The van der Waals surface area contributed by atoms with Crippen molar-refractivity contribution < 1.29 is 14.3 Å². The third-order valence-electron chi connectivity index (χ3n) is 4.26. The Kier molecular flexibility index (Phi) is 10.7. The number of hydrogen-bond acceptors (Lipinski definition) is 3. The minimum absolute atomic E-state index is 0.234. The summed E-state index contributed by atoms with van der Waals surface area (Å²) in [6, 6.07) is 0. The molecule has 1 aliphatic rings. The van der Waals surface area contributed by atoms with Crippen LogP contribution in [-0.2, 0) is 14.3 Å². The highest BCUT2D eigenvalue weighted by Gasteiger charge is 2.20. The van der Waals surface area contributed by atoms with Gasteiger partial charge in [-0.05, 0) is 25.7 Å². The van der Waals surface area contributed by atoms with Gasteiger partial charge in [-0.25, -0.2) is 0 Å². The van der Waals surface area contributed by atoms with E-state index in [1.165, 1.54) is 38.5 Å². The summed E-state index contributed by atoms with van der Waals surface area (Å²) < 4.78 is 4.93. The third-order valence-corrected chi connectivity index (χ3v) is 4.26. The zero-order chi connectivity index (χ0) is 16.0. The molecule has 0 aromatic rings. The predicted molar refractivity (Wildman–Crippen MR) is 89.4 cm³/mol. The first kappa shape index (κ1) is 18.9. The minimum atomic E-state index is -0.360. The predicted octanol–water partition coefficient (Wildman–Crippen LogP) is 5.33. The van der Waals surface area contributed by atoms with Gasteiger partial charge in [0.05, 0.1) is 5.92 Å². The van der Waals surface area contributed by atoms with Gasteiger partial charge in [-0.15, -0.1) is 0 Å². The van der Waals surface area contributed by atoms with E-state index in [2.05, 4.69) is 13.0 Å². The van der Waals surface area contributed by atoms with Gasteiger partial charge in [0.1, 0.15) is 0 Å². The maximum Gasteiger partial charge on any atom is 0.320 e. The van der Waals surface area contributed by atoms with Crippen LogP contribution in [-0.4, -0.2) is 11.9 Å². The van der Waals surface area contributed by atoms with Gasteiger partial charge >= 0.3 is 11.9 Å². The molecular formula is C19H32O3. The molecule has 0 saturated carbocycles. The van der Waals surface area contributed by atoms with E-state index in [9.17, 15) is 9.59 Å². The van der Waals surface area contributed by atoms with E-state index in [-0.39, 0.29) is 17.9 Å². The first-order chi connectivity index (χ1) is 10.7. The Labute approximate surface area is 135 Å². The standard InChI is InChI=1S/C19H32O3/c1-2-3-4-5-6-7-8-11-14-17-15-12-9-10-13-16-18(20)22-19(17)21/h11,14,17H,2-10,12-13,15-16H2,1H3. The van der Waals surface area contributed by atoms with Crippen LogP contribution in [0.5, 0.6) is 0 Å². The molecule has 0 N–H and O–H groups in total. The van der Waals surface area contributed by atoms with Crippen molar-refractivity contribution in [1.82, 2.24) is 0 Å². The van der Waals surface area contributed by atoms with Crippen molar-refractivity contribution in [2.24, 2.45) is 5.92 Å². The SMILES string of the molecule is CCCCCCCCC=CC1CCCCCCC(=O)OC1=O. The summed E-state index contributed by atoms with van der Waals surface area (Å²) in [6.07, 6.45) is 18.0. The van der Waals surface area contributed by atoms with Gasteiger partial charge in [0, 0.05) is 6.42 Å². The number of cyclic esters (lactones) is 2. The molecule has 0 amide bonds. The van der Waals surface area contributed by atoms with Crippen LogP contribution in [0.15, 0.2) is 12.2 Å². The summed E-state index contributed by atoms with van der Waals surface area (Å²) in [5, 5.41) is 0. The molecule has 3 heteroatoms. The van der Waals surface area contributed by atoms with E-state index in [0.717, 1.165) is 38.5 Å². The Bertz CT molecular complexity index is 347. The van der Waals surface area contributed by atoms with Crippen LogP contribution >= 0.6 is 0 Å². The summed E-state index contributed by atoms with van der Waals surface area (Å²) in [6.45, 7) is 2.23. The number of rotatable bonds is 8. The average Bonchev–Trinajstić information content (AvgIpc) is 2.50. The van der Waals surface area contributed by atoms with Gasteiger partial charge in [-0.1, -0.05) is 70.4 Å². The van der Waals surface area contributed by atoms with Gasteiger partial charge in [-0.3, -0.25) is 9.59 Å². The van der Waals surface area contributed by atoms with E-state index in [1.54, 1.807) is 0 Å². The Morgan fingerprint density at radius 3 is 2.55 bits per heavy atom. The fraction of sp³-hybridized carbons (Fsp3) is 0.789. The Balaban J connectivity index is 2.28. The maximum atomic E-state index is 12.0. The lowest BCUT2D eigenvalue weighted by atomic mass is 9.98. The lowest BCUT2D eigenvalue weighted by Gasteiger charge is -2.13. The smallest absolute Gasteiger partial charge is 0.320 e. The Morgan fingerprint density at radius 2 is 1.73 bits per heavy atom. The molecular weight excluding hydrogens is 276 g/mol. The van der Waals surface area contributed by atoms with Crippen molar-refractivity contribution in [2.45, 2.75) is 90.4 Å². The van der Waals surface area contributed by atoms with Crippen LogP contribution in [0.3, 0.4) is 0 Å². The molecule has 0 spiro atoms. The largest absolute Gasteiger partial charge is 0.393 e. The highest BCUT2D eigenvalue weighted by Crippen LogP contribution is 2.18. The summed E-state index contributed by atoms with van der Waals surface area (Å²) in [5.41, 5.74) is 0. The fourth-order valence-corrected chi connectivity index (χ4v) is 2.82. The number of carbonyl (C=O) groups is 2. The summed E-state index contributed by atoms with van der Waals surface area (Å²) >= 11 is 0. The quantitative estimate of drug-likeness (QED) is 0.263.